The third-order valence-electron chi connectivity index (χ3n) is 3.51. The summed E-state index contributed by atoms with van der Waals surface area (Å²) < 4.78 is 7.13. The van der Waals surface area contributed by atoms with Crippen molar-refractivity contribution >= 4 is 0 Å². The van der Waals surface area contributed by atoms with Gasteiger partial charge in [0.05, 0.1) is 19.3 Å². The SMILES string of the molecule is COc1cnn(C)c1C(N)c1c(C)cc(C)cc1C. The van der Waals surface area contributed by atoms with Crippen LogP contribution in [0.3, 0.4) is 0 Å². The van der Waals surface area contributed by atoms with Crippen LogP contribution in [0.4, 0.5) is 0 Å². The Morgan fingerprint density at radius 2 is 1.79 bits per heavy atom. The number of nitrogens with two attached hydrogens (primary N) is 1. The van der Waals surface area contributed by atoms with Crippen molar-refractivity contribution in [3.8, 4) is 5.75 Å². The summed E-state index contributed by atoms with van der Waals surface area (Å²) in [6.07, 6.45) is 1.70. The fraction of sp³-hybridized carbons (Fsp3) is 0.400. The minimum Gasteiger partial charge on any atom is -0.493 e. The molecule has 1 heterocycles. The van der Waals surface area contributed by atoms with Gasteiger partial charge in [-0.3, -0.25) is 4.68 Å². The number of ether oxygens (including phenoxy) is 1. The third-order valence-corrected chi connectivity index (χ3v) is 3.51. The van der Waals surface area contributed by atoms with Crippen molar-refractivity contribution < 1.29 is 4.74 Å². The quantitative estimate of drug-likeness (QED) is 0.921. The summed E-state index contributed by atoms with van der Waals surface area (Å²) in [5, 5.41) is 4.22. The summed E-state index contributed by atoms with van der Waals surface area (Å²) in [4.78, 5) is 0. The van der Waals surface area contributed by atoms with Gasteiger partial charge in [0.2, 0.25) is 0 Å². The molecule has 0 saturated carbocycles. The summed E-state index contributed by atoms with van der Waals surface area (Å²) in [5.74, 6) is 0.731. The summed E-state index contributed by atoms with van der Waals surface area (Å²) in [5.41, 5.74) is 12.2. The van der Waals surface area contributed by atoms with Crippen molar-refractivity contribution in [2.75, 3.05) is 7.11 Å². The van der Waals surface area contributed by atoms with Crippen molar-refractivity contribution in [2.45, 2.75) is 26.8 Å². The third kappa shape index (κ3) is 2.36. The molecule has 2 aromatic rings. The number of benzene rings is 1. The van der Waals surface area contributed by atoms with Crippen LogP contribution < -0.4 is 10.5 Å². The molecule has 1 unspecified atom stereocenters. The highest BCUT2D eigenvalue weighted by Gasteiger charge is 2.21. The van der Waals surface area contributed by atoms with Crippen LogP contribution in [-0.4, -0.2) is 16.9 Å². The molecule has 0 saturated heterocycles. The van der Waals surface area contributed by atoms with Crippen molar-refractivity contribution in [1.82, 2.24) is 9.78 Å². The first-order valence-corrected chi connectivity index (χ1v) is 6.35. The van der Waals surface area contributed by atoms with E-state index < -0.39 is 0 Å². The Balaban J connectivity index is 2.56. The topological polar surface area (TPSA) is 53.1 Å². The Labute approximate surface area is 114 Å². The van der Waals surface area contributed by atoms with Gasteiger partial charge < -0.3 is 10.5 Å². The maximum atomic E-state index is 6.45. The smallest absolute Gasteiger partial charge is 0.161 e. The highest BCUT2D eigenvalue weighted by molar-refractivity contribution is 5.45. The lowest BCUT2D eigenvalue weighted by Gasteiger charge is -2.19. The van der Waals surface area contributed by atoms with E-state index in [4.69, 9.17) is 10.5 Å². The number of methoxy groups -OCH3 is 1. The summed E-state index contributed by atoms with van der Waals surface area (Å²) in [6.45, 7) is 6.29. The van der Waals surface area contributed by atoms with E-state index in [1.165, 1.54) is 16.7 Å². The van der Waals surface area contributed by atoms with Gasteiger partial charge in [0, 0.05) is 7.05 Å². The Kier molecular flexibility index (Phi) is 3.62. The van der Waals surface area contributed by atoms with E-state index in [1.54, 1.807) is 18.0 Å². The van der Waals surface area contributed by atoms with Gasteiger partial charge in [-0.2, -0.15) is 5.10 Å². The minimum absolute atomic E-state index is 0.233. The maximum absolute atomic E-state index is 6.45. The summed E-state index contributed by atoms with van der Waals surface area (Å²) >= 11 is 0. The number of aryl methyl sites for hydroxylation is 4. The van der Waals surface area contributed by atoms with Gasteiger partial charge in [-0.15, -0.1) is 0 Å². The molecule has 0 aliphatic rings. The van der Waals surface area contributed by atoms with E-state index in [2.05, 4.69) is 38.0 Å². The lowest BCUT2D eigenvalue weighted by atomic mass is 9.92. The number of aromatic nitrogens is 2. The zero-order chi connectivity index (χ0) is 14.2. The standard InChI is InChI=1S/C15H21N3O/c1-9-6-10(2)13(11(3)7-9)14(16)15-12(19-5)8-17-18(15)4/h6-8,14H,16H2,1-5H3. The molecule has 0 spiro atoms. The van der Waals surface area contributed by atoms with Crippen molar-refractivity contribution in [2.24, 2.45) is 12.8 Å². The molecule has 0 fully saturated rings. The normalized spacial score (nSPS) is 12.5. The van der Waals surface area contributed by atoms with Crippen LogP contribution in [0, 0.1) is 20.8 Å². The van der Waals surface area contributed by atoms with Gasteiger partial charge in [-0.05, 0) is 37.5 Å². The van der Waals surface area contributed by atoms with Crippen LogP contribution in [0.1, 0.15) is 34.0 Å². The van der Waals surface area contributed by atoms with E-state index >= 15 is 0 Å². The molecule has 0 aliphatic carbocycles. The number of nitrogens with zero attached hydrogens (tertiary/aromatic N) is 2. The van der Waals surface area contributed by atoms with E-state index in [0.29, 0.717) is 0 Å². The Hall–Kier alpha value is -1.81. The molecule has 0 bridgehead atoms. The Morgan fingerprint density at radius 3 is 2.32 bits per heavy atom. The van der Waals surface area contributed by atoms with Crippen LogP contribution >= 0.6 is 0 Å². The molecule has 2 rings (SSSR count). The lowest BCUT2D eigenvalue weighted by Crippen LogP contribution is -2.19. The van der Waals surface area contributed by atoms with Gasteiger partial charge >= 0.3 is 0 Å². The largest absolute Gasteiger partial charge is 0.493 e. The number of hydrogen-bond donors (Lipinski definition) is 1. The van der Waals surface area contributed by atoms with Crippen molar-refractivity contribution in [3.63, 3.8) is 0 Å². The second-order valence-corrected chi connectivity index (χ2v) is 5.01. The Morgan fingerprint density at radius 1 is 1.21 bits per heavy atom. The van der Waals surface area contributed by atoms with E-state index in [9.17, 15) is 0 Å². The minimum atomic E-state index is -0.233. The predicted octanol–water partition coefficient (Wildman–Crippen LogP) is 2.40. The summed E-state index contributed by atoms with van der Waals surface area (Å²) in [6, 6.07) is 4.08. The zero-order valence-corrected chi connectivity index (χ0v) is 12.2. The van der Waals surface area contributed by atoms with Gasteiger partial charge in [0.25, 0.3) is 0 Å². The van der Waals surface area contributed by atoms with Gasteiger partial charge in [0.1, 0.15) is 5.69 Å². The average Bonchev–Trinajstić information content (AvgIpc) is 2.68. The van der Waals surface area contributed by atoms with E-state index in [-0.39, 0.29) is 6.04 Å². The van der Waals surface area contributed by atoms with Gasteiger partial charge in [0.15, 0.2) is 5.75 Å². The first kappa shape index (κ1) is 13.6. The molecule has 0 amide bonds. The van der Waals surface area contributed by atoms with Crippen LogP contribution in [0.15, 0.2) is 18.3 Å². The molecular formula is C15H21N3O. The molecular weight excluding hydrogens is 238 g/mol. The van der Waals surface area contributed by atoms with Crippen LogP contribution in [0.5, 0.6) is 5.75 Å². The first-order valence-electron chi connectivity index (χ1n) is 6.35. The monoisotopic (exact) mass is 259 g/mol. The Bertz CT molecular complexity index is 578. The predicted molar refractivity (Wildman–Crippen MR) is 76.4 cm³/mol. The lowest BCUT2D eigenvalue weighted by molar-refractivity contribution is 0.405. The zero-order valence-electron chi connectivity index (χ0n) is 12.2. The second kappa shape index (κ2) is 5.05. The highest BCUT2D eigenvalue weighted by atomic mass is 16.5. The average molecular weight is 259 g/mol. The van der Waals surface area contributed by atoms with Crippen molar-refractivity contribution in [1.29, 1.82) is 0 Å². The molecule has 2 N–H and O–H groups in total. The van der Waals surface area contributed by atoms with Gasteiger partial charge in [-0.25, -0.2) is 0 Å². The fourth-order valence-corrected chi connectivity index (χ4v) is 2.76. The van der Waals surface area contributed by atoms with E-state index in [1.807, 2.05) is 7.05 Å². The molecule has 1 atom stereocenters. The number of rotatable bonds is 3. The fourth-order valence-electron chi connectivity index (χ4n) is 2.76. The molecule has 4 heteroatoms. The van der Waals surface area contributed by atoms with Crippen LogP contribution in [0.2, 0.25) is 0 Å². The molecule has 1 aromatic heterocycles. The van der Waals surface area contributed by atoms with Crippen LogP contribution in [0.25, 0.3) is 0 Å². The summed E-state index contributed by atoms with van der Waals surface area (Å²) in [7, 11) is 3.53. The molecule has 19 heavy (non-hydrogen) atoms. The molecule has 102 valence electrons. The second-order valence-electron chi connectivity index (χ2n) is 5.01. The van der Waals surface area contributed by atoms with Crippen LogP contribution in [-0.2, 0) is 7.05 Å². The molecule has 1 aromatic carbocycles. The van der Waals surface area contributed by atoms with Crippen molar-refractivity contribution in [3.05, 3.63) is 46.3 Å². The van der Waals surface area contributed by atoms with Gasteiger partial charge in [-0.1, -0.05) is 17.7 Å². The number of hydrogen-bond acceptors (Lipinski definition) is 3. The first-order chi connectivity index (χ1) is 8.95. The molecule has 0 radical (unpaired) electrons. The highest BCUT2D eigenvalue weighted by Crippen LogP contribution is 2.31. The maximum Gasteiger partial charge on any atom is 0.161 e. The molecule has 4 nitrogen and oxygen atoms in total. The molecule has 0 aliphatic heterocycles. The van der Waals surface area contributed by atoms with E-state index in [0.717, 1.165) is 17.0 Å².